The normalized spacial score (nSPS) is 25.0. The van der Waals surface area contributed by atoms with E-state index in [0.717, 1.165) is 18.0 Å². The lowest BCUT2D eigenvalue weighted by atomic mass is 10.1. The van der Waals surface area contributed by atoms with Gasteiger partial charge in [0.15, 0.2) is 0 Å². The maximum absolute atomic E-state index is 14.6. The van der Waals surface area contributed by atoms with Crippen LogP contribution >= 0.6 is 11.8 Å². The van der Waals surface area contributed by atoms with Crippen LogP contribution in [0.2, 0.25) is 0 Å². The average molecular weight is 497 g/mol. The first-order valence-electron chi connectivity index (χ1n) is 11.6. The van der Waals surface area contributed by atoms with E-state index in [4.69, 9.17) is 4.74 Å². The van der Waals surface area contributed by atoms with Crippen LogP contribution in [-0.4, -0.2) is 75.6 Å². The number of amides is 1. The SMILES string of the molecule is COc1ccc2ncc(F)c(CCN3CC4C(NC(=O)c5ccc6c(n5)NC(O)CS6)[C@@H]4C3)c2n1. The molecule has 3 aromatic heterocycles. The summed E-state index contributed by atoms with van der Waals surface area (Å²) in [7, 11) is 1.54. The van der Waals surface area contributed by atoms with Crippen LogP contribution in [0.15, 0.2) is 35.4 Å². The number of ether oxygens (including phenoxy) is 1. The highest BCUT2D eigenvalue weighted by Gasteiger charge is 2.56. The first-order valence-corrected chi connectivity index (χ1v) is 12.6. The topological polar surface area (TPSA) is 112 Å². The van der Waals surface area contributed by atoms with Crippen LogP contribution in [0.5, 0.6) is 5.88 Å². The molecule has 5 heterocycles. The summed E-state index contributed by atoms with van der Waals surface area (Å²) < 4.78 is 19.8. The molecule has 0 spiro atoms. The highest BCUT2D eigenvalue weighted by atomic mass is 32.2. The summed E-state index contributed by atoms with van der Waals surface area (Å²) in [6.45, 7) is 2.43. The van der Waals surface area contributed by atoms with Crippen LogP contribution in [0, 0.1) is 17.7 Å². The van der Waals surface area contributed by atoms with Crippen molar-refractivity contribution >= 4 is 34.5 Å². The van der Waals surface area contributed by atoms with Gasteiger partial charge in [0.05, 0.1) is 29.2 Å². The summed E-state index contributed by atoms with van der Waals surface area (Å²) in [5, 5.41) is 15.8. The van der Waals surface area contributed by atoms with Crippen LogP contribution in [0.1, 0.15) is 16.1 Å². The predicted octanol–water partition coefficient (Wildman–Crippen LogP) is 1.91. The molecule has 9 nitrogen and oxygen atoms in total. The fourth-order valence-electron chi connectivity index (χ4n) is 5.10. The van der Waals surface area contributed by atoms with Crippen molar-refractivity contribution < 1.29 is 19.0 Å². The number of hydrogen-bond acceptors (Lipinski definition) is 9. The van der Waals surface area contributed by atoms with Crippen LogP contribution in [0.3, 0.4) is 0 Å². The Kier molecular flexibility index (Phi) is 5.70. The number of thioether (sulfide) groups is 1. The fraction of sp³-hybridized carbons (Fsp3) is 0.417. The largest absolute Gasteiger partial charge is 0.481 e. The predicted molar refractivity (Wildman–Crippen MR) is 129 cm³/mol. The zero-order chi connectivity index (χ0) is 24.1. The number of aliphatic hydroxyl groups excluding tert-OH is 1. The van der Waals surface area contributed by atoms with Gasteiger partial charge in [0, 0.05) is 43.1 Å². The van der Waals surface area contributed by atoms with E-state index in [1.54, 1.807) is 18.2 Å². The summed E-state index contributed by atoms with van der Waals surface area (Å²) in [6.07, 6.45) is 1.11. The highest BCUT2D eigenvalue weighted by Crippen LogP contribution is 2.45. The van der Waals surface area contributed by atoms with Gasteiger partial charge < -0.3 is 25.4 Å². The average Bonchev–Trinajstić information content (AvgIpc) is 3.30. The first kappa shape index (κ1) is 22.4. The molecule has 0 radical (unpaired) electrons. The molecule has 1 aliphatic carbocycles. The number of nitrogens with one attached hydrogen (secondary N) is 2. The maximum atomic E-state index is 14.6. The molecular weight excluding hydrogens is 471 g/mol. The minimum Gasteiger partial charge on any atom is -0.481 e. The molecule has 3 unspecified atom stereocenters. The highest BCUT2D eigenvalue weighted by molar-refractivity contribution is 7.99. The number of rotatable bonds is 6. The van der Waals surface area contributed by atoms with Crippen LogP contribution in [0.4, 0.5) is 10.2 Å². The van der Waals surface area contributed by atoms with Gasteiger partial charge in [-0.25, -0.2) is 14.4 Å². The van der Waals surface area contributed by atoms with Crippen LogP contribution in [0.25, 0.3) is 11.0 Å². The summed E-state index contributed by atoms with van der Waals surface area (Å²) >= 11 is 1.51. The minimum atomic E-state index is -0.663. The van der Waals surface area contributed by atoms with E-state index in [2.05, 4.69) is 30.5 Å². The van der Waals surface area contributed by atoms with Gasteiger partial charge in [-0.15, -0.1) is 11.8 Å². The lowest BCUT2D eigenvalue weighted by Gasteiger charge is -2.22. The Labute approximate surface area is 205 Å². The Morgan fingerprint density at radius 1 is 1.29 bits per heavy atom. The molecular formula is C24H25FN6O3S. The molecule has 1 amide bonds. The van der Waals surface area contributed by atoms with Crippen molar-refractivity contribution in [3.05, 3.63) is 47.5 Å². The number of fused-ring (bicyclic) bond motifs is 3. The van der Waals surface area contributed by atoms with Gasteiger partial charge in [-0.2, -0.15) is 0 Å². The Balaban J connectivity index is 1.05. The van der Waals surface area contributed by atoms with Crippen molar-refractivity contribution in [3.8, 4) is 5.88 Å². The summed E-state index contributed by atoms with van der Waals surface area (Å²) in [4.78, 5) is 28.9. The number of methoxy groups -OCH3 is 1. The van der Waals surface area contributed by atoms with E-state index in [0.29, 0.717) is 64.5 Å². The van der Waals surface area contributed by atoms with E-state index < -0.39 is 6.23 Å². The van der Waals surface area contributed by atoms with Gasteiger partial charge in [-0.3, -0.25) is 9.78 Å². The standard InChI is InChI=1S/C24H25FN6O3S/c1-34-20-5-3-16-22(29-20)12(15(25)8-26-16)6-7-31-9-13-14(10-31)21(13)30-24(33)17-2-4-18-23(27-17)28-19(32)11-35-18/h2-5,8,13-14,19,21,32H,6-7,9-11H2,1H3,(H,27,28)(H,30,33)/t13-,14?,19?,21?/m1/s1. The third kappa shape index (κ3) is 4.28. The van der Waals surface area contributed by atoms with Crippen molar-refractivity contribution in [2.24, 2.45) is 11.8 Å². The number of aromatic nitrogens is 3. The molecule has 6 rings (SSSR count). The first-order chi connectivity index (χ1) is 17.0. The molecule has 3 aliphatic rings. The number of piperidine rings is 1. The number of likely N-dealkylation sites (tertiary alicyclic amines) is 1. The maximum Gasteiger partial charge on any atom is 0.270 e. The lowest BCUT2D eigenvalue weighted by Crippen LogP contribution is -2.36. The number of hydrogen-bond donors (Lipinski definition) is 3. The van der Waals surface area contributed by atoms with Gasteiger partial charge in [0.2, 0.25) is 5.88 Å². The van der Waals surface area contributed by atoms with Gasteiger partial charge in [-0.1, -0.05) is 0 Å². The Bertz CT molecular complexity index is 1300. The number of halogens is 1. The zero-order valence-corrected chi connectivity index (χ0v) is 19.9. The summed E-state index contributed by atoms with van der Waals surface area (Å²) in [5.41, 5.74) is 2.08. The number of aliphatic hydroxyl groups is 1. The molecule has 35 heavy (non-hydrogen) atoms. The molecule has 0 bridgehead atoms. The van der Waals surface area contributed by atoms with Crippen molar-refractivity contribution in [1.82, 2.24) is 25.2 Å². The third-order valence-corrected chi connectivity index (χ3v) is 8.11. The minimum absolute atomic E-state index is 0.133. The van der Waals surface area contributed by atoms with Crippen LogP contribution < -0.4 is 15.4 Å². The van der Waals surface area contributed by atoms with Crippen molar-refractivity contribution in [3.63, 3.8) is 0 Å². The molecule has 1 saturated heterocycles. The fourth-order valence-corrected chi connectivity index (χ4v) is 5.92. The van der Waals surface area contributed by atoms with E-state index in [1.807, 2.05) is 6.07 Å². The number of anilines is 1. The smallest absolute Gasteiger partial charge is 0.270 e. The van der Waals surface area contributed by atoms with Crippen molar-refractivity contribution in [2.75, 3.05) is 37.8 Å². The molecule has 3 aromatic rings. The Hall–Kier alpha value is -3.02. The second kappa shape index (κ2) is 8.89. The summed E-state index contributed by atoms with van der Waals surface area (Å²) in [5.74, 6) is 1.77. The molecule has 11 heteroatoms. The number of carbonyl (C=O) groups excluding carboxylic acids is 1. The van der Waals surface area contributed by atoms with Gasteiger partial charge in [0.1, 0.15) is 23.6 Å². The number of carbonyl (C=O) groups is 1. The Morgan fingerprint density at radius 3 is 2.91 bits per heavy atom. The lowest BCUT2D eigenvalue weighted by molar-refractivity contribution is 0.0938. The quantitative estimate of drug-likeness (QED) is 0.471. The molecule has 2 aliphatic heterocycles. The third-order valence-electron chi connectivity index (χ3n) is 6.98. The molecule has 4 atom stereocenters. The second-order valence-electron chi connectivity index (χ2n) is 9.16. The van der Waals surface area contributed by atoms with Crippen molar-refractivity contribution in [1.29, 1.82) is 0 Å². The van der Waals surface area contributed by atoms with E-state index >= 15 is 0 Å². The monoisotopic (exact) mass is 496 g/mol. The number of pyridine rings is 3. The molecule has 2 fully saturated rings. The van der Waals surface area contributed by atoms with Gasteiger partial charge >= 0.3 is 0 Å². The molecule has 0 aromatic carbocycles. The summed E-state index contributed by atoms with van der Waals surface area (Å²) in [6, 6.07) is 7.23. The van der Waals surface area contributed by atoms with Gasteiger partial charge in [0.25, 0.3) is 5.91 Å². The van der Waals surface area contributed by atoms with Crippen molar-refractivity contribution in [2.45, 2.75) is 23.6 Å². The van der Waals surface area contributed by atoms with Crippen LogP contribution in [-0.2, 0) is 6.42 Å². The molecule has 3 N–H and O–H groups in total. The van der Waals surface area contributed by atoms with E-state index in [1.165, 1.54) is 25.1 Å². The molecule has 182 valence electrons. The van der Waals surface area contributed by atoms with Gasteiger partial charge in [-0.05, 0) is 36.5 Å². The zero-order valence-electron chi connectivity index (χ0n) is 19.1. The number of nitrogens with zero attached hydrogens (tertiary/aromatic N) is 4. The van der Waals surface area contributed by atoms with E-state index in [-0.39, 0.29) is 17.8 Å². The Morgan fingerprint density at radius 2 is 2.11 bits per heavy atom. The molecule has 1 saturated carbocycles. The second-order valence-corrected chi connectivity index (χ2v) is 10.2. The van der Waals surface area contributed by atoms with E-state index in [9.17, 15) is 14.3 Å².